The van der Waals surface area contributed by atoms with Gasteiger partial charge in [0.05, 0.1) is 1.37 Å². The highest BCUT2D eigenvalue weighted by atomic mass is 16.7. The second-order valence-corrected chi connectivity index (χ2v) is 5.38. The number of aromatic amines is 1. The van der Waals surface area contributed by atoms with Gasteiger partial charge in [0, 0.05) is 33.0 Å². The van der Waals surface area contributed by atoms with E-state index in [9.17, 15) is 24.0 Å². The summed E-state index contributed by atoms with van der Waals surface area (Å²) >= 11 is 0. The van der Waals surface area contributed by atoms with Crippen molar-refractivity contribution < 1.29 is 34.7 Å². The molecule has 1 fully saturated rings. The van der Waals surface area contributed by atoms with E-state index in [0.717, 1.165) is 33.0 Å². The lowest BCUT2D eigenvalue weighted by Gasteiger charge is -2.23. The Morgan fingerprint density at radius 1 is 1.15 bits per heavy atom. The molecule has 2 rings (SSSR count). The summed E-state index contributed by atoms with van der Waals surface area (Å²) in [4.78, 5) is 59.5. The lowest BCUT2D eigenvalue weighted by Crippen LogP contribution is -2.42. The molecule has 0 aromatic carbocycles. The molecule has 142 valence electrons. The third kappa shape index (κ3) is 4.57. The summed E-state index contributed by atoms with van der Waals surface area (Å²) in [6, 6.07) is 0.964. The highest BCUT2D eigenvalue weighted by Crippen LogP contribution is 2.33. The molecule has 4 atom stereocenters. The van der Waals surface area contributed by atoms with Crippen molar-refractivity contribution in [3.63, 3.8) is 0 Å². The zero-order valence-electron chi connectivity index (χ0n) is 15.2. The average molecular weight is 371 g/mol. The van der Waals surface area contributed by atoms with Crippen molar-refractivity contribution >= 4 is 17.9 Å². The molecule has 0 bridgehead atoms. The Kier molecular flexibility index (Phi) is 5.46. The standard InChI is InChI=1S/C15H18N2O9/c1-7(18)23-6-10-12(24-8(2)19)13(25-9(3)20)14(26-10)17-5-4-11(21)16-15(17)22/h4-5,10,12-14H,6H2,1-3H3,(H,16,21,22)/t10-,12-,13-,14-/m1/s1/i14D. The van der Waals surface area contributed by atoms with Crippen molar-refractivity contribution in [1.29, 1.82) is 0 Å². The summed E-state index contributed by atoms with van der Waals surface area (Å²) in [6.45, 7) is 2.85. The van der Waals surface area contributed by atoms with E-state index in [2.05, 4.69) is 0 Å². The minimum atomic E-state index is -2.39. The smallest absolute Gasteiger partial charge is 0.330 e. The number of rotatable bonds is 5. The van der Waals surface area contributed by atoms with Crippen molar-refractivity contribution in [3.05, 3.63) is 33.1 Å². The van der Waals surface area contributed by atoms with Crippen LogP contribution in [0, 0.1) is 0 Å². The highest BCUT2D eigenvalue weighted by molar-refractivity contribution is 5.67. The van der Waals surface area contributed by atoms with Crippen molar-refractivity contribution in [2.24, 2.45) is 0 Å². The lowest BCUT2D eigenvalue weighted by atomic mass is 10.1. The van der Waals surface area contributed by atoms with Crippen molar-refractivity contribution in [3.8, 4) is 0 Å². The van der Waals surface area contributed by atoms with Gasteiger partial charge in [0.25, 0.3) is 5.56 Å². The molecule has 0 unspecified atom stereocenters. The fraction of sp³-hybridized carbons (Fsp3) is 0.533. The molecule has 11 heteroatoms. The van der Waals surface area contributed by atoms with E-state index in [-0.39, 0.29) is 0 Å². The van der Waals surface area contributed by atoms with Gasteiger partial charge in [-0.2, -0.15) is 0 Å². The van der Waals surface area contributed by atoms with Crippen LogP contribution in [0.25, 0.3) is 0 Å². The Morgan fingerprint density at radius 3 is 2.31 bits per heavy atom. The topological polar surface area (TPSA) is 143 Å². The number of hydrogen-bond acceptors (Lipinski definition) is 9. The first-order valence-corrected chi connectivity index (χ1v) is 7.52. The minimum absolute atomic E-state index is 0.427. The molecule has 1 aliphatic heterocycles. The molecule has 0 spiro atoms. The van der Waals surface area contributed by atoms with Crippen molar-refractivity contribution in [2.75, 3.05) is 6.61 Å². The fourth-order valence-electron chi connectivity index (χ4n) is 2.36. The van der Waals surface area contributed by atoms with Gasteiger partial charge in [-0.05, 0) is 0 Å². The Morgan fingerprint density at radius 2 is 1.77 bits per heavy atom. The molecule has 1 N–H and O–H groups in total. The van der Waals surface area contributed by atoms with Crippen molar-refractivity contribution in [1.82, 2.24) is 9.55 Å². The molecule has 0 aliphatic carbocycles. The predicted octanol–water partition coefficient (Wildman–Crippen LogP) is -1.14. The minimum Gasteiger partial charge on any atom is -0.463 e. The van der Waals surface area contributed by atoms with Crippen LogP contribution in [0.4, 0.5) is 0 Å². The molecular formula is C15H18N2O9. The first-order chi connectivity index (χ1) is 12.5. The Bertz CT molecular complexity index is 863. The number of carbonyl (C=O) groups excluding carboxylic acids is 3. The number of ether oxygens (including phenoxy) is 4. The number of esters is 3. The van der Waals surface area contributed by atoms with Gasteiger partial charge in [-0.1, -0.05) is 0 Å². The van der Waals surface area contributed by atoms with E-state index in [1.807, 2.05) is 4.98 Å². The van der Waals surface area contributed by atoms with Gasteiger partial charge in [-0.3, -0.25) is 28.7 Å². The summed E-state index contributed by atoms with van der Waals surface area (Å²) in [6.07, 6.45) is -5.55. The van der Waals surface area contributed by atoms with Crippen LogP contribution in [0.2, 0.25) is 0 Å². The SMILES string of the molecule is [2H][C@@]1(n2ccc(=O)[nH]c2=O)O[C@H](COC(C)=O)[C@@H](OC(C)=O)[C@H]1OC(C)=O. The molecule has 0 saturated carbocycles. The van der Waals surface area contributed by atoms with E-state index in [1.54, 1.807) is 0 Å². The summed E-state index contributed by atoms with van der Waals surface area (Å²) in [7, 11) is 0. The van der Waals surface area contributed by atoms with Crippen LogP contribution < -0.4 is 11.2 Å². The second kappa shape index (κ2) is 7.95. The molecule has 26 heavy (non-hydrogen) atoms. The molecule has 1 aromatic heterocycles. The van der Waals surface area contributed by atoms with E-state index in [1.165, 1.54) is 0 Å². The normalized spacial score (nSPS) is 28.1. The number of nitrogens with zero attached hydrogens (tertiary/aromatic N) is 1. The number of carbonyl (C=O) groups is 3. The van der Waals surface area contributed by atoms with Crippen molar-refractivity contribution in [2.45, 2.75) is 45.3 Å². The Balaban J connectivity index is 2.53. The van der Waals surface area contributed by atoms with Crippen LogP contribution in [-0.2, 0) is 33.3 Å². The van der Waals surface area contributed by atoms with Crippen LogP contribution in [0.15, 0.2) is 21.9 Å². The molecular weight excluding hydrogens is 352 g/mol. The average Bonchev–Trinajstić information content (AvgIpc) is 2.77. The number of nitrogens with one attached hydrogen (secondary N) is 1. The predicted molar refractivity (Wildman–Crippen MR) is 83.0 cm³/mol. The maximum absolute atomic E-state index is 12.1. The lowest BCUT2D eigenvalue weighted by molar-refractivity contribution is -0.166. The van der Waals surface area contributed by atoms with E-state index >= 15 is 0 Å². The van der Waals surface area contributed by atoms with Crippen LogP contribution in [0.5, 0.6) is 0 Å². The van der Waals surface area contributed by atoms with E-state index in [4.69, 9.17) is 20.3 Å². The summed E-state index contributed by atoms with van der Waals surface area (Å²) in [5, 5.41) is 0. The third-order valence-electron chi connectivity index (χ3n) is 3.29. The van der Waals surface area contributed by atoms with Crippen LogP contribution in [-0.4, -0.2) is 52.4 Å². The zero-order chi connectivity index (χ0) is 20.4. The molecule has 2 heterocycles. The van der Waals surface area contributed by atoms with Gasteiger partial charge >= 0.3 is 23.6 Å². The van der Waals surface area contributed by atoms with Gasteiger partial charge in [0.1, 0.15) is 12.7 Å². The first kappa shape index (κ1) is 17.9. The summed E-state index contributed by atoms with van der Waals surface area (Å²) in [5.41, 5.74) is -1.72. The zero-order valence-corrected chi connectivity index (χ0v) is 14.2. The molecule has 1 aromatic rings. The fourth-order valence-corrected chi connectivity index (χ4v) is 2.36. The van der Waals surface area contributed by atoms with Gasteiger partial charge in [0.15, 0.2) is 18.4 Å². The van der Waals surface area contributed by atoms with Crippen LogP contribution >= 0.6 is 0 Å². The number of hydrogen-bond donors (Lipinski definition) is 1. The monoisotopic (exact) mass is 371 g/mol. The number of H-pyrrole nitrogens is 1. The molecule has 0 radical (unpaired) electrons. The second-order valence-electron chi connectivity index (χ2n) is 5.38. The Labute approximate surface area is 148 Å². The van der Waals surface area contributed by atoms with Crippen LogP contribution in [0.3, 0.4) is 0 Å². The van der Waals surface area contributed by atoms with Gasteiger partial charge < -0.3 is 18.9 Å². The van der Waals surface area contributed by atoms with Gasteiger partial charge in [-0.15, -0.1) is 0 Å². The largest absolute Gasteiger partial charge is 0.463 e. The van der Waals surface area contributed by atoms with E-state index < -0.39 is 60.3 Å². The third-order valence-corrected chi connectivity index (χ3v) is 3.29. The molecule has 1 saturated heterocycles. The van der Waals surface area contributed by atoms with Gasteiger partial charge in [-0.25, -0.2) is 4.79 Å². The summed E-state index contributed by atoms with van der Waals surface area (Å²) < 4.78 is 29.8. The maximum atomic E-state index is 12.1. The van der Waals surface area contributed by atoms with E-state index in [0.29, 0.717) is 4.57 Å². The quantitative estimate of drug-likeness (QED) is 0.502. The highest BCUT2D eigenvalue weighted by Gasteiger charge is 2.50. The number of aromatic nitrogens is 2. The van der Waals surface area contributed by atoms with Crippen LogP contribution in [0.1, 0.15) is 28.3 Å². The molecule has 1 aliphatic rings. The van der Waals surface area contributed by atoms with Gasteiger partial charge in [0.2, 0.25) is 0 Å². The molecule has 11 nitrogen and oxygen atoms in total. The first-order valence-electron chi connectivity index (χ1n) is 8.02. The summed E-state index contributed by atoms with van der Waals surface area (Å²) in [5.74, 6) is -2.26. The molecule has 0 amide bonds. The maximum Gasteiger partial charge on any atom is 0.330 e. The Hall–Kier alpha value is -2.95.